The molecule has 0 saturated carbocycles. The largest absolute Gasteiger partial charge is 0.381 e. The fourth-order valence-corrected chi connectivity index (χ4v) is 5.02. The molecule has 4 N–H and O–H groups in total. The predicted molar refractivity (Wildman–Crippen MR) is 118 cm³/mol. The van der Waals surface area contributed by atoms with E-state index < -0.39 is 0 Å². The van der Waals surface area contributed by atoms with Gasteiger partial charge in [0, 0.05) is 41.3 Å². The van der Waals surface area contributed by atoms with Gasteiger partial charge in [-0.2, -0.15) is 0 Å². The molecule has 1 aromatic carbocycles. The number of likely N-dealkylation sites (N-methyl/N-ethyl adjacent to an activating group) is 1. The van der Waals surface area contributed by atoms with Gasteiger partial charge in [0.15, 0.2) is 0 Å². The lowest BCUT2D eigenvalue weighted by Crippen LogP contribution is -2.50. The highest BCUT2D eigenvalue weighted by molar-refractivity contribution is 7.21. The lowest BCUT2D eigenvalue weighted by molar-refractivity contribution is -0.117. The van der Waals surface area contributed by atoms with E-state index in [1.54, 1.807) is 6.07 Å². The summed E-state index contributed by atoms with van der Waals surface area (Å²) in [6.07, 6.45) is 1.23. The van der Waals surface area contributed by atoms with Crippen LogP contribution in [0.1, 0.15) is 27.0 Å². The van der Waals surface area contributed by atoms with Crippen molar-refractivity contribution in [2.75, 3.05) is 32.0 Å². The molecule has 3 amide bonds. The Balaban J connectivity index is 1.57. The van der Waals surface area contributed by atoms with Gasteiger partial charge in [0.25, 0.3) is 11.8 Å². The highest BCUT2D eigenvalue weighted by atomic mass is 32.1. The molecule has 1 aromatic heterocycles. The topological polar surface area (TPSA) is 103 Å². The Kier molecular flexibility index (Phi) is 5.48. The maximum absolute atomic E-state index is 13.0. The highest BCUT2D eigenvalue weighted by Gasteiger charge is 2.33. The number of carbonyl (C=O) groups excluding carboxylic acids is 3. The monoisotopic (exact) mass is 427 g/mol. The summed E-state index contributed by atoms with van der Waals surface area (Å²) in [5.74, 6) is -0.554. The van der Waals surface area contributed by atoms with E-state index in [4.69, 9.17) is 0 Å². The summed E-state index contributed by atoms with van der Waals surface area (Å²) in [6, 6.07) is 5.11. The van der Waals surface area contributed by atoms with E-state index >= 15 is 0 Å². The van der Waals surface area contributed by atoms with Gasteiger partial charge >= 0.3 is 0 Å². The second kappa shape index (κ2) is 8.08. The number of hydrogen-bond acceptors (Lipinski definition) is 6. The zero-order valence-electron chi connectivity index (χ0n) is 17.0. The SMILES string of the molecule is C=CC(=O)NC1CN(C)CC1NC(=O)c1ccc2sc3c(c2c1)NC[C@@H](C)NC3=O. The first-order chi connectivity index (χ1) is 14.4. The van der Waals surface area contributed by atoms with Crippen LogP contribution in [-0.2, 0) is 4.79 Å². The first-order valence-corrected chi connectivity index (χ1v) is 10.7. The normalized spacial score (nSPS) is 23.8. The lowest BCUT2D eigenvalue weighted by Gasteiger charge is -2.20. The second-order valence-corrected chi connectivity index (χ2v) is 8.95. The molecule has 30 heavy (non-hydrogen) atoms. The molecule has 1 saturated heterocycles. The molecule has 2 unspecified atom stereocenters. The van der Waals surface area contributed by atoms with Crippen LogP contribution in [0.25, 0.3) is 10.1 Å². The Morgan fingerprint density at radius 3 is 2.73 bits per heavy atom. The molecule has 4 rings (SSSR count). The van der Waals surface area contributed by atoms with Crippen molar-refractivity contribution in [2.45, 2.75) is 25.0 Å². The van der Waals surface area contributed by atoms with E-state index in [0.29, 0.717) is 30.1 Å². The third-order valence-electron chi connectivity index (χ3n) is 5.45. The molecule has 2 aromatic rings. The van der Waals surface area contributed by atoms with Crippen molar-refractivity contribution >= 4 is 44.8 Å². The summed E-state index contributed by atoms with van der Waals surface area (Å²) < 4.78 is 0.950. The van der Waals surface area contributed by atoms with Crippen molar-refractivity contribution in [3.8, 4) is 0 Å². The Hall–Kier alpha value is -2.91. The number of nitrogens with zero attached hydrogens (tertiary/aromatic N) is 1. The van der Waals surface area contributed by atoms with Gasteiger partial charge in [-0.1, -0.05) is 6.58 Å². The number of likely N-dealkylation sites (tertiary alicyclic amines) is 1. The maximum atomic E-state index is 13.0. The summed E-state index contributed by atoms with van der Waals surface area (Å²) in [7, 11) is 1.95. The van der Waals surface area contributed by atoms with Crippen molar-refractivity contribution in [3.63, 3.8) is 0 Å². The molecule has 2 aliphatic heterocycles. The van der Waals surface area contributed by atoms with Gasteiger partial charge in [-0.3, -0.25) is 14.4 Å². The molecular formula is C21H25N5O3S. The number of anilines is 1. The number of nitrogens with one attached hydrogen (secondary N) is 4. The van der Waals surface area contributed by atoms with Crippen molar-refractivity contribution in [2.24, 2.45) is 0 Å². The summed E-state index contributed by atoms with van der Waals surface area (Å²) in [6.45, 7) is 7.35. The van der Waals surface area contributed by atoms with Gasteiger partial charge in [0.05, 0.1) is 17.8 Å². The molecule has 1 fully saturated rings. The van der Waals surface area contributed by atoms with Crippen molar-refractivity contribution in [3.05, 3.63) is 41.3 Å². The van der Waals surface area contributed by atoms with Gasteiger partial charge in [-0.25, -0.2) is 0 Å². The van der Waals surface area contributed by atoms with Crippen molar-refractivity contribution in [1.82, 2.24) is 20.9 Å². The third kappa shape index (κ3) is 3.90. The standard InChI is InChI=1S/C21H25N5O3S/c1-4-17(27)24-14-9-26(3)10-15(14)25-20(28)12-5-6-16-13(7-12)18-19(30-16)21(29)23-11(2)8-22-18/h4-7,11,14-15,22H,1,8-10H2,2-3H3,(H,23,29)(H,24,27)(H,25,28)/t11-,14?,15?/m1/s1. The Labute approximate surface area is 178 Å². The number of fused-ring (bicyclic) bond motifs is 3. The first-order valence-electron chi connectivity index (χ1n) is 9.89. The molecule has 0 spiro atoms. The average molecular weight is 428 g/mol. The number of thiophene rings is 1. The average Bonchev–Trinajstić information content (AvgIpc) is 3.20. The summed E-state index contributed by atoms with van der Waals surface area (Å²) in [5.41, 5.74) is 1.30. The van der Waals surface area contributed by atoms with Gasteiger partial charge in [-0.05, 0) is 38.2 Å². The Morgan fingerprint density at radius 1 is 1.27 bits per heavy atom. The molecule has 0 aliphatic carbocycles. The molecule has 8 nitrogen and oxygen atoms in total. The molecule has 9 heteroatoms. The van der Waals surface area contributed by atoms with Crippen LogP contribution in [0.4, 0.5) is 5.69 Å². The minimum absolute atomic E-state index is 0.0284. The van der Waals surface area contributed by atoms with Crippen molar-refractivity contribution < 1.29 is 14.4 Å². The molecule has 2 aliphatic rings. The number of hydrogen-bond donors (Lipinski definition) is 4. The lowest BCUT2D eigenvalue weighted by atomic mass is 10.1. The van der Waals surface area contributed by atoms with Gasteiger partial charge in [-0.15, -0.1) is 11.3 Å². The van der Waals surface area contributed by atoms with Crippen LogP contribution in [0.15, 0.2) is 30.9 Å². The van der Waals surface area contributed by atoms with Crippen molar-refractivity contribution in [1.29, 1.82) is 0 Å². The smallest absolute Gasteiger partial charge is 0.263 e. The van der Waals surface area contributed by atoms with Crippen LogP contribution in [-0.4, -0.2) is 67.4 Å². The molecular weight excluding hydrogens is 402 g/mol. The van der Waals surface area contributed by atoms with Gasteiger partial charge in [0.1, 0.15) is 4.88 Å². The zero-order chi connectivity index (χ0) is 21.4. The minimum Gasteiger partial charge on any atom is -0.381 e. The predicted octanol–water partition coefficient (Wildman–Crippen LogP) is 1.16. The number of rotatable bonds is 4. The van der Waals surface area contributed by atoms with Crippen LogP contribution in [0.2, 0.25) is 0 Å². The van der Waals surface area contributed by atoms with E-state index in [1.807, 2.05) is 26.1 Å². The summed E-state index contributed by atoms with van der Waals surface area (Å²) in [4.78, 5) is 39.8. The minimum atomic E-state index is -0.254. The van der Waals surface area contributed by atoms with E-state index in [-0.39, 0.29) is 35.8 Å². The fourth-order valence-electron chi connectivity index (χ4n) is 3.96. The van der Waals surface area contributed by atoms with E-state index in [9.17, 15) is 14.4 Å². The van der Waals surface area contributed by atoms with Crippen LogP contribution >= 0.6 is 11.3 Å². The van der Waals surface area contributed by atoms with E-state index in [0.717, 1.165) is 15.8 Å². The zero-order valence-corrected chi connectivity index (χ0v) is 17.8. The van der Waals surface area contributed by atoms with Crippen LogP contribution < -0.4 is 21.3 Å². The number of benzene rings is 1. The van der Waals surface area contributed by atoms with Crippen LogP contribution in [0.3, 0.4) is 0 Å². The highest BCUT2D eigenvalue weighted by Crippen LogP contribution is 2.37. The van der Waals surface area contributed by atoms with Crippen LogP contribution in [0, 0.1) is 0 Å². The number of amides is 3. The third-order valence-corrected chi connectivity index (χ3v) is 6.62. The van der Waals surface area contributed by atoms with E-state index in [1.165, 1.54) is 17.4 Å². The Bertz CT molecular complexity index is 1030. The van der Waals surface area contributed by atoms with Gasteiger partial charge in [0.2, 0.25) is 5.91 Å². The molecule has 0 radical (unpaired) electrons. The number of carbonyl (C=O) groups is 3. The molecule has 3 heterocycles. The maximum Gasteiger partial charge on any atom is 0.263 e. The quantitative estimate of drug-likeness (QED) is 0.549. The molecule has 158 valence electrons. The first kappa shape index (κ1) is 20.4. The van der Waals surface area contributed by atoms with Crippen LogP contribution in [0.5, 0.6) is 0 Å². The van der Waals surface area contributed by atoms with E-state index in [2.05, 4.69) is 32.7 Å². The second-order valence-electron chi connectivity index (χ2n) is 7.89. The Morgan fingerprint density at radius 2 is 2.00 bits per heavy atom. The molecule has 0 bridgehead atoms. The fraction of sp³-hybridized carbons (Fsp3) is 0.381. The molecule has 3 atom stereocenters. The summed E-state index contributed by atoms with van der Waals surface area (Å²) in [5, 5.41) is 13.1. The summed E-state index contributed by atoms with van der Waals surface area (Å²) >= 11 is 1.42. The van der Waals surface area contributed by atoms with Gasteiger partial charge < -0.3 is 26.2 Å².